The summed E-state index contributed by atoms with van der Waals surface area (Å²) in [7, 11) is 0. The van der Waals surface area contributed by atoms with Gasteiger partial charge in [0.15, 0.2) is 0 Å². The lowest BCUT2D eigenvalue weighted by atomic mass is 10.0. The molecular weight excluding hydrogens is 292 g/mol. The summed E-state index contributed by atoms with van der Waals surface area (Å²) in [6.07, 6.45) is 6.08. The molecule has 1 fully saturated rings. The molecule has 0 spiro atoms. The minimum Gasteiger partial charge on any atom is -0.383 e. The van der Waals surface area contributed by atoms with Gasteiger partial charge < -0.3 is 15.6 Å². The van der Waals surface area contributed by atoms with Crippen molar-refractivity contribution in [1.82, 2.24) is 15.1 Å². The predicted molar refractivity (Wildman–Crippen MR) is 88.8 cm³/mol. The lowest BCUT2D eigenvalue weighted by molar-refractivity contribution is 0.360. The van der Waals surface area contributed by atoms with Crippen molar-refractivity contribution in [2.24, 2.45) is 0 Å². The topological polar surface area (TPSA) is 114 Å². The summed E-state index contributed by atoms with van der Waals surface area (Å²) in [6, 6.07) is 2.02. The zero-order valence-corrected chi connectivity index (χ0v) is 13.5. The maximum absolute atomic E-state index is 8.46. The number of nitrogens with two attached hydrogens (primary N) is 1. The van der Waals surface area contributed by atoms with E-state index in [-0.39, 0.29) is 17.6 Å². The third-order valence-corrected chi connectivity index (χ3v) is 4.09. The Kier molecular flexibility index (Phi) is 4.27. The minimum atomic E-state index is 0.169. The van der Waals surface area contributed by atoms with Crippen molar-refractivity contribution in [3.05, 3.63) is 29.4 Å². The van der Waals surface area contributed by atoms with E-state index in [0.717, 1.165) is 18.6 Å². The number of anilines is 2. The van der Waals surface area contributed by atoms with E-state index in [0.29, 0.717) is 23.0 Å². The van der Waals surface area contributed by atoms with E-state index in [1.165, 1.54) is 19.2 Å². The third-order valence-electron chi connectivity index (χ3n) is 4.09. The fourth-order valence-corrected chi connectivity index (χ4v) is 2.97. The van der Waals surface area contributed by atoms with Gasteiger partial charge in [0.25, 0.3) is 0 Å². The summed E-state index contributed by atoms with van der Waals surface area (Å²) in [5.41, 5.74) is 7.09. The molecule has 0 amide bonds. The van der Waals surface area contributed by atoms with Crippen LogP contribution in [-0.2, 0) is 0 Å². The van der Waals surface area contributed by atoms with Crippen LogP contribution in [0.5, 0.6) is 0 Å². The van der Waals surface area contributed by atoms with Gasteiger partial charge in [-0.1, -0.05) is 18.0 Å². The van der Waals surface area contributed by atoms with E-state index in [9.17, 15) is 0 Å². The van der Waals surface area contributed by atoms with Gasteiger partial charge in [0.1, 0.15) is 29.4 Å². The molecule has 4 N–H and O–H groups in total. The maximum Gasteiger partial charge on any atom is 0.141 e. The highest BCUT2D eigenvalue weighted by Gasteiger charge is 2.24. The fraction of sp³-hybridized carbons (Fsp3) is 0.500. The zero-order chi connectivity index (χ0) is 16.4. The summed E-state index contributed by atoms with van der Waals surface area (Å²) in [6.45, 7) is 4.00. The normalized spacial score (nSPS) is 15.3. The van der Waals surface area contributed by atoms with Crippen molar-refractivity contribution < 1.29 is 4.52 Å². The van der Waals surface area contributed by atoms with Gasteiger partial charge in [-0.3, -0.25) is 5.41 Å². The summed E-state index contributed by atoms with van der Waals surface area (Å²) < 4.78 is 5.46. The van der Waals surface area contributed by atoms with Crippen LogP contribution in [0.25, 0.3) is 0 Å². The summed E-state index contributed by atoms with van der Waals surface area (Å²) in [5.74, 6) is 2.08. The lowest BCUT2D eigenvalue weighted by Crippen LogP contribution is -2.18. The second kappa shape index (κ2) is 6.36. The van der Waals surface area contributed by atoms with Crippen molar-refractivity contribution in [1.29, 1.82) is 5.41 Å². The zero-order valence-electron chi connectivity index (χ0n) is 13.5. The van der Waals surface area contributed by atoms with Crippen molar-refractivity contribution in [3.63, 3.8) is 0 Å². The second-order valence-electron chi connectivity index (χ2n) is 6.25. The predicted octanol–water partition coefficient (Wildman–Crippen LogP) is 2.94. The molecule has 7 nitrogen and oxygen atoms in total. The molecule has 2 aromatic rings. The first-order chi connectivity index (χ1) is 11.1. The first kappa shape index (κ1) is 15.5. The molecule has 0 aromatic carbocycles. The number of nitrogen functional groups attached to an aromatic ring is 1. The van der Waals surface area contributed by atoms with E-state index >= 15 is 0 Å². The number of rotatable bonds is 5. The van der Waals surface area contributed by atoms with E-state index in [1.54, 1.807) is 0 Å². The summed E-state index contributed by atoms with van der Waals surface area (Å²) in [5, 5.41) is 15.7. The van der Waals surface area contributed by atoms with Gasteiger partial charge in [0, 0.05) is 18.0 Å². The number of hydrogen-bond donors (Lipinski definition) is 3. The quantitative estimate of drug-likeness (QED) is 0.731. The molecule has 7 heteroatoms. The highest BCUT2D eigenvalue weighted by atomic mass is 16.5. The van der Waals surface area contributed by atoms with Crippen LogP contribution in [0.4, 0.5) is 11.6 Å². The van der Waals surface area contributed by atoms with Crippen LogP contribution in [0.2, 0.25) is 0 Å². The second-order valence-corrected chi connectivity index (χ2v) is 6.25. The Hall–Kier alpha value is -2.44. The number of aromatic nitrogens is 3. The Morgan fingerprint density at radius 2 is 2.09 bits per heavy atom. The van der Waals surface area contributed by atoms with Crippen molar-refractivity contribution in [2.75, 3.05) is 11.1 Å². The number of hydrogen-bond acceptors (Lipinski definition) is 7. The molecule has 1 saturated carbocycles. The van der Waals surface area contributed by atoms with Gasteiger partial charge in [-0.05, 0) is 26.7 Å². The first-order valence-corrected chi connectivity index (χ1v) is 7.99. The van der Waals surface area contributed by atoms with Gasteiger partial charge in [-0.15, -0.1) is 0 Å². The van der Waals surface area contributed by atoms with E-state index < -0.39 is 0 Å². The van der Waals surface area contributed by atoms with E-state index in [1.807, 2.05) is 19.9 Å². The summed E-state index contributed by atoms with van der Waals surface area (Å²) >= 11 is 0. The average Bonchev–Trinajstić information content (AvgIpc) is 3.17. The molecule has 3 rings (SSSR count). The lowest BCUT2D eigenvalue weighted by Gasteiger charge is -2.14. The monoisotopic (exact) mass is 314 g/mol. The highest BCUT2D eigenvalue weighted by Crippen LogP contribution is 2.34. The van der Waals surface area contributed by atoms with Crippen LogP contribution >= 0.6 is 0 Å². The van der Waals surface area contributed by atoms with Crippen molar-refractivity contribution in [3.8, 4) is 0 Å². The molecule has 1 aliphatic carbocycles. The Balaban J connectivity index is 1.91. The Morgan fingerprint density at radius 3 is 2.78 bits per heavy atom. The molecule has 0 saturated heterocycles. The molecule has 23 heavy (non-hydrogen) atoms. The van der Waals surface area contributed by atoms with Crippen LogP contribution < -0.4 is 11.1 Å². The smallest absolute Gasteiger partial charge is 0.141 e. The first-order valence-electron chi connectivity index (χ1n) is 7.99. The molecule has 0 bridgehead atoms. The van der Waals surface area contributed by atoms with Crippen LogP contribution in [0.3, 0.4) is 0 Å². The molecule has 0 aliphatic heterocycles. The van der Waals surface area contributed by atoms with Gasteiger partial charge in [-0.2, -0.15) is 0 Å². The maximum atomic E-state index is 8.46. The van der Waals surface area contributed by atoms with Crippen molar-refractivity contribution >= 4 is 17.3 Å². The molecule has 2 aromatic heterocycles. The number of nitrogens with one attached hydrogen (secondary N) is 2. The van der Waals surface area contributed by atoms with Gasteiger partial charge in [-0.25, -0.2) is 9.97 Å². The SMILES string of the molecule is CC(C)Nc1ncnc(N)c1C(=N)c1cc(C2CCCC2)on1. The third kappa shape index (κ3) is 3.18. The summed E-state index contributed by atoms with van der Waals surface area (Å²) in [4.78, 5) is 8.21. The largest absolute Gasteiger partial charge is 0.383 e. The Bertz CT molecular complexity index is 702. The van der Waals surface area contributed by atoms with E-state index in [2.05, 4.69) is 20.4 Å². The molecule has 1 aliphatic rings. The van der Waals surface area contributed by atoms with E-state index in [4.69, 9.17) is 15.7 Å². The number of nitrogens with zero attached hydrogens (tertiary/aromatic N) is 3. The Morgan fingerprint density at radius 1 is 1.35 bits per heavy atom. The fourth-order valence-electron chi connectivity index (χ4n) is 2.97. The van der Waals surface area contributed by atoms with Crippen LogP contribution in [0, 0.1) is 5.41 Å². The van der Waals surface area contributed by atoms with Crippen LogP contribution in [-0.4, -0.2) is 26.9 Å². The van der Waals surface area contributed by atoms with Crippen molar-refractivity contribution in [2.45, 2.75) is 51.5 Å². The standard InChI is InChI=1S/C16H22N6O/c1-9(2)21-16-13(15(18)19-8-20-16)14(17)11-7-12(23-22-11)10-5-3-4-6-10/h7-10,17H,3-6H2,1-2H3,(H3,18,19,20,21). The molecule has 0 radical (unpaired) electrons. The molecule has 2 heterocycles. The van der Waals surface area contributed by atoms with Crippen LogP contribution in [0.1, 0.15) is 62.5 Å². The van der Waals surface area contributed by atoms with Gasteiger partial charge >= 0.3 is 0 Å². The Labute approximate surface area is 135 Å². The minimum absolute atomic E-state index is 0.169. The molecule has 122 valence electrons. The molecule has 0 atom stereocenters. The van der Waals surface area contributed by atoms with Gasteiger partial charge in [0.05, 0.1) is 11.3 Å². The molecular formula is C16H22N6O. The molecule has 0 unspecified atom stereocenters. The van der Waals surface area contributed by atoms with Crippen LogP contribution in [0.15, 0.2) is 16.9 Å². The highest BCUT2D eigenvalue weighted by molar-refractivity contribution is 6.15. The van der Waals surface area contributed by atoms with Gasteiger partial charge in [0.2, 0.25) is 0 Å². The average molecular weight is 314 g/mol.